The van der Waals surface area contributed by atoms with Crippen LogP contribution in [0.5, 0.6) is 0 Å². The second-order valence-electron chi connectivity index (χ2n) is 3.60. The fourth-order valence-corrected chi connectivity index (χ4v) is 1.82. The summed E-state index contributed by atoms with van der Waals surface area (Å²) in [5.41, 5.74) is 2.18. The normalized spacial score (nSPS) is 10.2. The van der Waals surface area contributed by atoms with Crippen LogP contribution in [0.2, 0.25) is 5.02 Å². The van der Waals surface area contributed by atoms with Crippen LogP contribution in [-0.4, -0.2) is 16.1 Å². The Hall–Kier alpha value is -1.87. The zero-order valence-electron chi connectivity index (χ0n) is 8.93. The van der Waals surface area contributed by atoms with Gasteiger partial charge in [0.15, 0.2) is 0 Å². The van der Waals surface area contributed by atoms with Crippen LogP contribution in [0.3, 0.4) is 0 Å². The number of pyridine rings is 1. The molecule has 0 radical (unpaired) electrons. The molecule has 0 saturated heterocycles. The number of aliphatic carboxylic acids is 1. The van der Waals surface area contributed by atoms with E-state index >= 15 is 0 Å². The van der Waals surface area contributed by atoms with E-state index in [1.54, 1.807) is 6.07 Å². The highest BCUT2D eigenvalue weighted by atomic mass is 35.5. The molecule has 1 heterocycles. The molecule has 2 aromatic rings. The molecule has 0 bridgehead atoms. The number of halogens is 1. The molecule has 0 aliphatic heterocycles. The Balaban J connectivity index is 2.50. The van der Waals surface area contributed by atoms with Gasteiger partial charge in [0.2, 0.25) is 0 Å². The smallest absolute Gasteiger partial charge is 0.307 e. The summed E-state index contributed by atoms with van der Waals surface area (Å²) >= 11 is 5.83. The topological polar surface area (TPSA) is 50.2 Å². The summed E-state index contributed by atoms with van der Waals surface area (Å²) in [7, 11) is 0. The number of carbonyl (C=O) groups is 1. The van der Waals surface area contributed by atoms with Gasteiger partial charge in [-0.25, -0.2) is 0 Å². The van der Waals surface area contributed by atoms with Crippen molar-refractivity contribution in [2.24, 2.45) is 0 Å². The molecule has 0 saturated carbocycles. The van der Waals surface area contributed by atoms with Gasteiger partial charge in [-0.3, -0.25) is 9.78 Å². The number of carboxylic acids is 1. The lowest BCUT2D eigenvalue weighted by atomic mass is 10.0. The minimum absolute atomic E-state index is 0.0855. The highest BCUT2D eigenvalue weighted by molar-refractivity contribution is 6.30. The number of aromatic nitrogens is 1. The molecule has 3 nitrogen and oxygen atoms in total. The lowest BCUT2D eigenvalue weighted by Crippen LogP contribution is -2.03. The van der Waals surface area contributed by atoms with Crippen LogP contribution >= 0.6 is 11.6 Å². The molecule has 0 aliphatic carbocycles. The van der Waals surface area contributed by atoms with E-state index in [2.05, 4.69) is 4.98 Å². The van der Waals surface area contributed by atoms with Crippen molar-refractivity contribution in [1.29, 1.82) is 0 Å². The SMILES string of the molecule is O=C(O)Cc1cc(Cl)cnc1-c1ccccc1. The van der Waals surface area contributed by atoms with Crippen molar-refractivity contribution < 1.29 is 9.90 Å². The van der Waals surface area contributed by atoms with E-state index in [4.69, 9.17) is 16.7 Å². The van der Waals surface area contributed by atoms with Crippen LogP contribution < -0.4 is 0 Å². The Morgan fingerprint density at radius 1 is 1.29 bits per heavy atom. The number of nitrogens with zero attached hydrogens (tertiary/aromatic N) is 1. The predicted octanol–water partition coefficient (Wildman–Crippen LogP) is 3.03. The van der Waals surface area contributed by atoms with Gasteiger partial charge >= 0.3 is 5.97 Å². The van der Waals surface area contributed by atoms with Gasteiger partial charge in [0.05, 0.1) is 17.1 Å². The van der Waals surface area contributed by atoms with Gasteiger partial charge in [0, 0.05) is 11.8 Å². The third kappa shape index (κ3) is 2.82. The Labute approximate surface area is 104 Å². The molecule has 0 atom stereocenters. The maximum absolute atomic E-state index is 10.8. The van der Waals surface area contributed by atoms with E-state index in [0.717, 1.165) is 5.56 Å². The maximum atomic E-state index is 10.8. The van der Waals surface area contributed by atoms with Crippen LogP contribution in [0.15, 0.2) is 42.6 Å². The largest absolute Gasteiger partial charge is 0.481 e. The molecule has 0 unspecified atom stereocenters. The summed E-state index contributed by atoms with van der Waals surface area (Å²) in [5.74, 6) is -0.897. The van der Waals surface area contributed by atoms with Gasteiger partial charge in [-0.1, -0.05) is 41.9 Å². The molecule has 0 aliphatic rings. The fourth-order valence-electron chi connectivity index (χ4n) is 1.63. The summed E-state index contributed by atoms with van der Waals surface area (Å²) in [6.45, 7) is 0. The van der Waals surface area contributed by atoms with Crippen molar-refractivity contribution >= 4 is 17.6 Å². The van der Waals surface area contributed by atoms with E-state index in [9.17, 15) is 4.79 Å². The summed E-state index contributed by atoms with van der Waals surface area (Å²) < 4.78 is 0. The Bertz CT molecular complexity index is 540. The Kier molecular flexibility index (Phi) is 3.40. The maximum Gasteiger partial charge on any atom is 0.307 e. The molecule has 4 heteroatoms. The summed E-state index contributed by atoms with van der Waals surface area (Å²) in [6.07, 6.45) is 1.44. The first kappa shape index (κ1) is 11.6. The highest BCUT2D eigenvalue weighted by Crippen LogP contribution is 2.24. The Morgan fingerprint density at radius 2 is 2.00 bits per heavy atom. The molecule has 1 aromatic heterocycles. The van der Waals surface area contributed by atoms with E-state index in [-0.39, 0.29) is 6.42 Å². The predicted molar refractivity (Wildman–Crippen MR) is 66.0 cm³/mol. The van der Waals surface area contributed by atoms with Crippen LogP contribution in [-0.2, 0) is 11.2 Å². The van der Waals surface area contributed by atoms with Crippen molar-refractivity contribution in [3.8, 4) is 11.3 Å². The van der Waals surface area contributed by atoms with Gasteiger partial charge in [-0.05, 0) is 11.6 Å². The average Bonchev–Trinajstić information content (AvgIpc) is 2.29. The second-order valence-corrected chi connectivity index (χ2v) is 4.03. The number of hydrogen-bond acceptors (Lipinski definition) is 2. The molecule has 86 valence electrons. The van der Waals surface area contributed by atoms with Gasteiger partial charge in [-0.15, -0.1) is 0 Å². The molecule has 1 N–H and O–H groups in total. The monoisotopic (exact) mass is 247 g/mol. The summed E-state index contributed by atoms with van der Waals surface area (Å²) in [6, 6.07) is 11.1. The first-order valence-corrected chi connectivity index (χ1v) is 5.46. The average molecular weight is 248 g/mol. The van der Waals surface area contributed by atoms with Crippen molar-refractivity contribution in [3.05, 3.63) is 53.2 Å². The van der Waals surface area contributed by atoms with Crippen molar-refractivity contribution in [2.75, 3.05) is 0 Å². The summed E-state index contributed by atoms with van der Waals surface area (Å²) in [4.78, 5) is 15.0. The molecule has 0 amide bonds. The number of carboxylic acid groups (broad SMARTS) is 1. The lowest BCUT2D eigenvalue weighted by Gasteiger charge is -2.07. The quantitative estimate of drug-likeness (QED) is 0.907. The van der Waals surface area contributed by atoms with Gasteiger partial charge in [0.1, 0.15) is 0 Å². The van der Waals surface area contributed by atoms with Crippen molar-refractivity contribution in [2.45, 2.75) is 6.42 Å². The minimum atomic E-state index is -0.897. The van der Waals surface area contributed by atoms with Crippen molar-refractivity contribution in [1.82, 2.24) is 4.98 Å². The van der Waals surface area contributed by atoms with Crippen molar-refractivity contribution in [3.63, 3.8) is 0 Å². The molecular formula is C13H10ClNO2. The van der Waals surface area contributed by atoms with Gasteiger partial charge in [-0.2, -0.15) is 0 Å². The van der Waals surface area contributed by atoms with E-state index in [1.165, 1.54) is 6.20 Å². The van der Waals surface area contributed by atoms with E-state index in [0.29, 0.717) is 16.3 Å². The van der Waals surface area contributed by atoms with Crippen LogP contribution in [0.25, 0.3) is 11.3 Å². The summed E-state index contributed by atoms with van der Waals surface area (Å²) in [5, 5.41) is 9.30. The van der Waals surface area contributed by atoms with E-state index < -0.39 is 5.97 Å². The molecule has 17 heavy (non-hydrogen) atoms. The van der Waals surface area contributed by atoms with Gasteiger partial charge < -0.3 is 5.11 Å². The molecule has 0 fully saturated rings. The third-order valence-electron chi connectivity index (χ3n) is 2.32. The first-order valence-electron chi connectivity index (χ1n) is 5.08. The third-order valence-corrected chi connectivity index (χ3v) is 2.53. The zero-order chi connectivity index (χ0) is 12.3. The lowest BCUT2D eigenvalue weighted by molar-refractivity contribution is -0.136. The molecule has 2 rings (SSSR count). The van der Waals surface area contributed by atoms with Gasteiger partial charge in [0.25, 0.3) is 0 Å². The standard InChI is InChI=1S/C13H10ClNO2/c14-11-6-10(7-12(16)17)13(15-8-11)9-4-2-1-3-5-9/h1-6,8H,7H2,(H,16,17). The number of benzene rings is 1. The van der Waals surface area contributed by atoms with Crippen LogP contribution in [0, 0.1) is 0 Å². The zero-order valence-corrected chi connectivity index (χ0v) is 9.69. The highest BCUT2D eigenvalue weighted by Gasteiger charge is 2.10. The molecule has 1 aromatic carbocycles. The van der Waals surface area contributed by atoms with Crippen LogP contribution in [0.4, 0.5) is 0 Å². The molecule has 0 spiro atoms. The Morgan fingerprint density at radius 3 is 2.65 bits per heavy atom. The number of hydrogen-bond donors (Lipinski definition) is 1. The fraction of sp³-hybridized carbons (Fsp3) is 0.0769. The number of rotatable bonds is 3. The second kappa shape index (κ2) is 4.97. The van der Waals surface area contributed by atoms with Crippen LogP contribution in [0.1, 0.15) is 5.56 Å². The first-order chi connectivity index (χ1) is 8.16. The molecular weight excluding hydrogens is 238 g/mol. The van der Waals surface area contributed by atoms with E-state index in [1.807, 2.05) is 30.3 Å². The minimum Gasteiger partial charge on any atom is -0.481 e.